The maximum Gasteiger partial charge on any atom is 0.289 e. The summed E-state index contributed by atoms with van der Waals surface area (Å²) in [6, 6.07) is 7.52. The number of H-pyrrole nitrogens is 1. The van der Waals surface area contributed by atoms with Gasteiger partial charge in [0.1, 0.15) is 0 Å². The molecule has 0 saturated heterocycles. The van der Waals surface area contributed by atoms with Gasteiger partial charge in [-0.25, -0.2) is 4.98 Å². The molecule has 9 nitrogen and oxygen atoms in total. The number of carbonyl (C=O) groups is 2. The topological polar surface area (TPSA) is 126 Å². The highest BCUT2D eigenvalue weighted by molar-refractivity contribution is 5.92. The zero-order valence-electron chi connectivity index (χ0n) is 18.5. The molecule has 3 N–H and O–H groups in total. The standard InChI is InChI=1S/C23H28N6O3/c1-4-6-13(2)25-21(30)18-12-24-23(32-18)17-8-5-7-16(11-17)19-27-20(29-28-19)22(31)26-14(3)15-9-10-15/h5,7-8,11-15H,4,6,9-10H2,1-3H3,(H,25,30)(H,26,31)(H,27,28,29). The van der Waals surface area contributed by atoms with Crippen LogP contribution in [0.15, 0.2) is 34.9 Å². The zero-order chi connectivity index (χ0) is 22.7. The lowest BCUT2D eigenvalue weighted by atomic mass is 10.1. The molecule has 2 amide bonds. The molecule has 32 heavy (non-hydrogen) atoms. The lowest BCUT2D eigenvalue weighted by molar-refractivity contribution is 0.0907. The van der Waals surface area contributed by atoms with Crippen LogP contribution in [0.25, 0.3) is 22.8 Å². The highest BCUT2D eigenvalue weighted by atomic mass is 16.4. The molecule has 1 aromatic carbocycles. The summed E-state index contributed by atoms with van der Waals surface area (Å²) in [5.74, 6) is 1.14. The summed E-state index contributed by atoms with van der Waals surface area (Å²) < 4.78 is 5.68. The maximum atomic E-state index is 12.4. The zero-order valence-corrected chi connectivity index (χ0v) is 18.5. The highest BCUT2D eigenvalue weighted by Crippen LogP contribution is 2.32. The molecule has 0 radical (unpaired) electrons. The van der Waals surface area contributed by atoms with Crippen LogP contribution in [-0.4, -0.2) is 44.1 Å². The van der Waals surface area contributed by atoms with E-state index in [-0.39, 0.29) is 35.5 Å². The monoisotopic (exact) mass is 436 g/mol. The number of oxazole rings is 1. The first-order chi connectivity index (χ1) is 15.4. The fourth-order valence-corrected chi connectivity index (χ4v) is 3.60. The summed E-state index contributed by atoms with van der Waals surface area (Å²) in [6.45, 7) is 6.03. The van der Waals surface area contributed by atoms with E-state index in [9.17, 15) is 9.59 Å². The van der Waals surface area contributed by atoms with Gasteiger partial charge in [0.05, 0.1) is 6.20 Å². The summed E-state index contributed by atoms with van der Waals surface area (Å²) in [5.41, 5.74) is 1.41. The van der Waals surface area contributed by atoms with E-state index in [4.69, 9.17) is 4.42 Å². The van der Waals surface area contributed by atoms with Gasteiger partial charge in [-0.15, -0.1) is 10.2 Å². The smallest absolute Gasteiger partial charge is 0.289 e. The van der Waals surface area contributed by atoms with Crippen LogP contribution >= 0.6 is 0 Å². The molecule has 4 rings (SSSR count). The molecular formula is C23H28N6O3. The minimum atomic E-state index is -0.285. The van der Waals surface area contributed by atoms with E-state index in [0.717, 1.165) is 31.2 Å². The number of aromatic amines is 1. The average molecular weight is 437 g/mol. The highest BCUT2D eigenvalue weighted by Gasteiger charge is 2.29. The van der Waals surface area contributed by atoms with Gasteiger partial charge in [0.2, 0.25) is 17.5 Å². The van der Waals surface area contributed by atoms with Crippen molar-refractivity contribution in [3.05, 3.63) is 42.0 Å². The summed E-state index contributed by atoms with van der Waals surface area (Å²) in [5, 5.41) is 14.0. The predicted molar refractivity (Wildman–Crippen MR) is 119 cm³/mol. The third kappa shape index (κ3) is 5.04. The van der Waals surface area contributed by atoms with Crippen LogP contribution in [0.4, 0.5) is 0 Å². The van der Waals surface area contributed by atoms with Gasteiger partial charge >= 0.3 is 0 Å². The number of aromatic nitrogens is 4. The molecule has 2 atom stereocenters. The fourth-order valence-electron chi connectivity index (χ4n) is 3.60. The van der Waals surface area contributed by atoms with Gasteiger partial charge in [-0.2, -0.15) is 0 Å². The molecule has 9 heteroatoms. The molecule has 0 spiro atoms. The van der Waals surface area contributed by atoms with Gasteiger partial charge in [0.25, 0.3) is 11.8 Å². The lowest BCUT2D eigenvalue weighted by Crippen LogP contribution is -2.34. The molecule has 0 aliphatic heterocycles. The van der Waals surface area contributed by atoms with E-state index < -0.39 is 0 Å². The Bertz CT molecular complexity index is 1100. The van der Waals surface area contributed by atoms with Gasteiger partial charge in [-0.3, -0.25) is 9.59 Å². The molecule has 1 aliphatic carbocycles. The van der Waals surface area contributed by atoms with Crippen molar-refractivity contribution in [1.82, 2.24) is 30.8 Å². The largest absolute Gasteiger partial charge is 0.431 e. The molecule has 1 aliphatic rings. The Balaban J connectivity index is 1.46. The van der Waals surface area contributed by atoms with E-state index >= 15 is 0 Å². The van der Waals surface area contributed by atoms with Crippen molar-refractivity contribution in [3.63, 3.8) is 0 Å². The number of amides is 2. The van der Waals surface area contributed by atoms with Crippen LogP contribution in [0, 0.1) is 5.92 Å². The molecule has 2 heterocycles. The van der Waals surface area contributed by atoms with Crippen molar-refractivity contribution < 1.29 is 14.0 Å². The van der Waals surface area contributed by atoms with Crippen LogP contribution in [0.2, 0.25) is 0 Å². The summed E-state index contributed by atoms with van der Waals surface area (Å²) in [6.07, 6.45) is 5.61. The van der Waals surface area contributed by atoms with Crippen LogP contribution in [0.5, 0.6) is 0 Å². The van der Waals surface area contributed by atoms with Crippen LogP contribution in [0.3, 0.4) is 0 Å². The third-order valence-corrected chi connectivity index (χ3v) is 5.60. The summed E-state index contributed by atoms with van der Waals surface area (Å²) in [7, 11) is 0. The van der Waals surface area contributed by atoms with Crippen molar-refractivity contribution in [3.8, 4) is 22.8 Å². The molecular weight excluding hydrogens is 408 g/mol. The van der Waals surface area contributed by atoms with E-state index in [1.54, 1.807) is 0 Å². The predicted octanol–water partition coefficient (Wildman–Crippen LogP) is 3.57. The molecule has 1 saturated carbocycles. The molecule has 0 bridgehead atoms. The number of hydrogen-bond acceptors (Lipinski definition) is 6. The average Bonchev–Trinajstić information content (AvgIpc) is 3.31. The number of nitrogens with one attached hydrogen (secondary N) is 3. The number of carbonyl (C=O) groups excluding carboxylic acids is 2. The van der Waals surface area contributed by atoms with E-state index in [2.05, 4.69) is 37.7 Å². The minimum absolute atomic E-state index is 0.0643. The molecule has 2 aromatic heterocycles. The normalized spacial score (nSPS) is 15.2. The van der Waals surface area contributed by atoms with Crippen LogP contribution in [-0.2, 0) is 0 Å². The lowest BCUT2D eigenvalue weighted by Gasteiger charge is -2.10. The second-order valence-corrected chi connectivity index (χ2v) is 8.40. The number of benzene rings is 1. The van der Waals surface area contributed by atoms with Crippen molar-refractivity contribution in [2.45, 2.75) is 58.5 Å². The van der Waals surface area contributed by atoms with Crippen molar-refractivity contribution >= 4 is 11.8 Å². The van der Waals surface area contributed by atoms with Gasteiger partial charge in [-0.05, 0) is 51.2 Å². The Kier molecular flexibility index (Phi) is 6.34. The first-order valence-electron chi connectivity index (χ1n) is 11.1. The number of rotatable bonds is 9. The van der Waals surface area contributed by atoms with Crippen molar-refractivity contribution in [1.29, 1.82) is 0 Å². The Morgan fingerprint density at radius 1 is 1.16 bits per heavy atom. The molecule has 2 unspecified atom stereocenters. The van der Waals surface area contributed by atoms with Gasteiger partial charge < -0.3 is 20.0 Å². The van der Waals surface area contributed by atoms with Gasteiger partial charge in [-0.1, -0.05) is 25.5 Å². The number of hydrogen-bond donors (Lipinski definition) is 3. The van der Waals surface area contributed by atoms with Gasteiger partial charge in [0, 0.05) is 23.2 Å². The van der Waals surface area contributed by atoms with E-state index in [1.807, 2.05) is 38.1 Å². The van der Waals surface area contributed by atoms with Crippen LogP contribution in [0.1, 0.15) is 67.6 Å². The fraction of sp³-hybridized carbons (Fsp3) is 0.435. The van der Waals surface area contributed by atoms with E-state index in [0.29, 0.717) is 23.2 Å². The summed E-state index contributed by atoms with van der Waals surface area (Å²) >= 11 is 0. The maximum absolute atomic E-state index is 12.4. The number of nitrogens with zero attached hydrogens (tertiary/aromatic N) is 3. The Morgan fingerprint density at radius 2 is 1.94 bits per heavy atom. The summed E-state index contributed by atoms with van der Waals surface area (Å²) in [4.78, 5) is 32.0. The Labute approximate surface area is 186 Å². The first-order valence-corrected chi connectivity index (χ1v) is 11.1. The SMILES string of the molecule is CCCC(C)NC(=O)c1cnc(-c2cccc(-c3nnc(C(=O)NC(C)C4CC4)[nH]3)c2)o1. The minimum Gasteiger partial charge on any atom is -0.431 e. The Morgan fingerprint density at radius 3 is 2.69 bits per heavy atom. The third-order valence-electron chi connectivity index (χ3n) is 5.60. The van der Waals surface area contributed by atoms with E-state index in [1.165, 1.54) is 6.20 Å². The quantitative estimate of drug-likeness (QED) is 0.471. The second kappa shape index (κ2) is 9.33. The van der Waals surface area contributed by atoms with Crippen LogP contribution < -0.4 is 10.6 Å². The van der Waals surface area contributed by atoms with Crippen molar-refractivity contribution in [2.75, 3.05) is 0 Å². The molecule has 1 fully saturated rings. The Hall–Kier alpha value is -3.49. The first kappa shape index (κ1) is 21.7. The molecule has 3 aromatic rings. The second-order valence-electron chi connectivity index (χ2n) is 8.40. The van der Waals surface area contributed by atoms with Crippen molar-refractivity contribution in [2.24, 2.45) is 5.92 Å². The van der Waals surface area contributed by atoms with Gasteiger partial charge in [0.15, 0.2) is 5.82 Å². The molecule has 168 valence electrons.